The molecule has 0 saturated heterocycles. The number of rotatable bonds is 2. The van der Waals surface area contributed by atoms with Crippen LogP contribution in [0.4, 0.5) is 0 Å². The number of phenols is 1. The summed E-state index contributed by atoms with van der Waals surface area (Å²) in [6.45, 7) is 1.75. The molecule has 1 aromatic rings. The molecular weight excluding hydrogens is 211 g/mol. The molecule has 2 nitrogen and oxygen atoms in total. The van der Waals surface area contributed by atoms with Crippen molar-refractivity contribution in [1.82, 2.24) is 0 Å². The second-order valence-corrected chi connectivity index (χ2v) is 3.38. The Kier molecular flexibility index (Phi) is 3.17. The summed E-state index contributed by atoms with van der Waals surface area (Å²) in [5.74, 6) is -0.236. The van der Waals surface area contributed by atoms with Gasteiger partial charge in [0.05, 0.1) is 10.0 Å². The molecule has 0 fully saturated rings. The van der Waals surface area contributed by atoms with Gasteiger partial charge in [-0.25, -0.2) is 0 Å². The van der Waals surface area contributed by atoms with Gasteiger partial charge in [0.2, 0.25) is 0 Å². The molecule has 70 valence electrons. The Balaban J connectivity index is 3.20. The maximum absolute atomic E-state index is 11.2. The van der Waals surface area contributed by atoms with Gasteiger partial charge in [-0.2, -0.15) is 0 Å². The zero-order valence-electron chi connectivity index (χ0n) is 6.97. The normalized spacial score (nSPS) is 10.1. The highest BCUT2D eigenvalue weighted by Gasteiger charge is 2.10. The Morgan fingerprint density at radius 1 is 1.38 bits per heavy atom. The van der Waals surface area contributed by atoms with Crippen LogP contribution in [0.5, 0.6) is 5.75 Å². The molecular formula is C9H8Cl2O2. The number of carbonyl (C=O) groups excluding carboxylic acids is 1. The van der Waals surface area contributed by atoms with E-state index in [0.717, 1.165) is 0 Å². The molecule has 0 saturated carbocycles. The second kappa shape index (κ2) is 3.99. The number of Topliss-reactive ketones (excluding diaryl/α,β-unsaturated/α-hetero) is 1. The smallest absolute Gasteiger partial charge is 0.162 e. The molecule has 0 unspecified atom stereocenters. The second-order valence-electron chi connectivity index (χ2n) is 2.57. The summed E-state index contributed by atoms with van der Waals surface area (Å²) in [5, 5.41) is 9.41. The third kappa shape index (κ3) is 2.14. The number of ketones is 1. The van der Waals surface area contributed by atoms with Crippen molar-refractivity contribution in [3.8, 4) is 5.75 Å². The van der Waals surface area contributed by atoms with Gasteiger partial charge in [-0.3, -0.25) is 4.79 Å². The lowest BCUT2D eigenvalue weighted by Gasteiger charge is -2.02. The van der Waals surface area contributed by atoms with Crippen LogP contribution in [0.15, 0.2) is 12.1 Å². The van der Waals surface area contributed by atoms with Crippen molar-refractivity contribution in [2.24, 2.45) is 0 Å². The minimum atomic E-state index is -0.184. The minimum Gasteiger partial charge on any atom is -0.505 e. The van der Waals surface area contributed by atoms with Crippen LogP contribution in [0.2, 0.25) is 10.0 Å². The van der Waals surface area contributed by atoms with Crippen molar-refractivity contribution in [3.05, 3.63) is 27.7 Å². The van der Waals surface area contributed by atoms with Crippen molar-refractivity contribution < 1.29 is 9.90 Å². The van der Waals surface area contributed by atoms with E-state index >= 15 is 0 Å². The summed E-state index contributed by atoms with van der Waals surface area (Å²) >= 11 is 11.3. The van der Waals surface area contributed by atoms with Crippen LogP contribution in [0.3, 0.4) is 0 Å². The number of carbonyl (C=O) groups is 1. The first-order valence-corrected chi connectivity index (χ1v) is 4.53. The van der Waals surface area contributed by atoms with E-state index in [1.165, 1.54) is 12.1 Å². The summed E-state index contributed by atoms with van der Waals surface area (Å²) in [6, 6.07) is 2.82. The molecule has 1 N–H and O–H groups in total. The van der Waals surface area contributed by atoms with E-state index in [2.05, 4.69) is 0 Å². The Hall–Kier alpha value is -0.730. The van der Waals surface area contributed by atoms with Crippen LogP contribution in [-0.2, 0) is 0 Å². The lowest BCUT2D eigenvalue weighted by molar-refractivity contribution is 0.0988. The number of phenolic OH excluding ortho intramolecular Hbond substituents is 1. The Morgan fingerprint density at radius 3 is 2.23 bits per heavy atom. The first-order chi connectivity index (χ1) is 6.06. The number of benzene rings is 1. The number of hydrogen-bond acceptors (Lipinski definition) is 2. The number of halogens is 2. The lowest BCUT2D eigenvalue weighted by Crippen LogP contribution is -1.96. The fourth-order valence-corrected chi connectivity index (χ4v) is 1.42. The van der Waals surface area contributed by atoms with Gasteiger partial charge in [0.25, 0.3) is 0 Å². The van der Waals surface area contributed by atoms with Crippen molar-refractivity contribution in [1.29, 1.82) is 0 Å². The summed E-state index contributed by atoms with van der Waals surface area (Å²) in [6.07, 6.45) is 0.386. The molecule has 13 heavy (non-hydrogen) atoms. The van der Waals surface area contributed by atoms with E-state index in [0.29, 0.717) is 12.0 Å². The molecule has 0 radical (unpaired) electrons. The quantitative estimate of drug-likeness (QED) is 0.774. The van der Waals surface area contributed by atoms with Crippen molar-refractivity contribution in [2.45, 2.75) is 13.3 Å². The molecule has 0 atom stereocenters. The molecule has 0 aliphatic heterocycles. The van der Waals surface area contributed by atoms with Gasteiger partial charge in [-0.1, -0.05) is 30.1 Å². The molecule has 0 aliphatic rings. The van der Waals surface area contributed by atoms with Gasteiger partial charge < -0.3 is 5.11 Å². The van der Waals surface area contributed by atoms with Crippen LogP contribution < -0.4 is 0 Å². The third-order valence-electron chi connectivity index (χ3n) is 1.66. The van der Waals surface area contributed by atoms with Crippen LogP contribution in [0, 0.1) is 0 Å². The van der Waals surface area contributed by atoms with Gasteiger partial charge >= 0.3 is 0 Å². The maximum atomic E-state index is 11.2. The van der Waals surface area contributed by atoms with Gasteiger partial charge in [0, 0.05) is 12.0 Å². The monoisotopic (exact) mass is 218 g/mol. The third-order valence-corrected chi connectivity index (χ3v) is 2.24. The van der Waals surface area contributed by atoms with E-state index in [9.17, 15) is 9.90 Å². The van der Waals surface area contributed by atoms with Crippen molar-refractivity contribution >= 4 is 29.0 Å². The van der Waals surface area contributed by atoms with Crippen LogP contribution in [0.1, 0.15) is 23.7 Å². The standard InChI is InChI=1S/C9H8Cl2O2/c1-2-8(12)5-3-6(10)9(13)7(11)4-5/h3-4,13H,2H2,1H3. The molecule has 0 amide bonds. The summed E-state index contributed by atoms with van der Waals surface area (Å²) in [5.41, 5.74) is 0.426. The average Bonchev–Trinajstić information content (AvgIpc) is 2.12. The van der Waals surface area contributed by atoms with E-state index in [4.69, 9.17) is 23.2 Å². The Bertz CT molecular complexity index is 324. The summed E-state index contributed by atoms with van der Waals surface area (Å²) < 4.78 is 0. The van der Waals surface area contributed by atoms with E-state index in [-0.39, 0.29) is 21.6 Å². The first kappa shape index (κ1) is 10.4. The van der Waals surface area contributed by atoms with Crippen molar-refractivity contribution in [2.75, 3.05) is 0 Å². The molecule has 0 spiro atoms. The highest BCUT2D eigenvalue weighted by atomic mass is 35.5. The molecule has 0 bridgehead atoms. The molecule has 0 aliphatic carbocycles. The molecule has 0 aromatic heterocycles. The fourth-order valence-electron chi connectivity index (χ4n) is 0.931. The predicted molar refractivity (Wildman–Crippen MR) is 52.7 cm³/mol. The summed E-state index contributed by atoms with van der Waals surface area (Å²) in [4.78, 5) is 11.2. The predicted octanol–water partition coefficient (Wildman–Crippen LogP) is 3.29. The van der Waals surface area contributed by atoms with Crippen LogP contribution >= 0.6 is 23.2 Å². The van der Waals surface area contributed by atoms with E-state index in [1.807, 2.05) is 0 Å². The van der Waals surface area contributed by atoms with Crippen LogP contribution in [-0.4, -0.2) is 10.9 Å². The number of hydrogen-bond donors (Lipinski definition) is 1. The number of aromatic hydroxyl groups is 1. The van der Waals surface area contributed by atoms with Crippen LogP contribution in [0.25, 0.3) is 0 Å². The Labute approximate surface area is 86.1 Å². The highest BCUT2D eigenvalue weighted by Crippen LogP contribution is 2.32. The average molecular weight is 219 g/mol. The SMILES string of the molecule is CCC(=O)c1cc(Cl)c(O)c(Cl)c1. The van der Waals surface area contributed by atoms with E-state index in [1.54, 1.807) is 6.92 Å². The molecule has 0 heterocycles. The van der Waals surface area contributed by atoms with Gasteiger partial charge in [0.1, 0.15) is 0 Å². The highest BCUT2D eigenvalue weighted by molar-refractivity contribution is 6.37. The minimum absolute atomic E-state index is 0.0520. The first-order valence-electron chi connectivity index (χ1n) is 3.77. The summed E-state index contributed by atoms with van der Waals surface area (Å²) in [7, 11) is 0. The largest absolute Gasteiger partial charge is 0.505 e. The van der Waals surface area contributed by atoms with Gasteiger partial charge in [-0.15, -0.1) is 0 Å². The van der Waals surface area contributed by atoms with Gasteiger partial charge in [0.15, 0.2) is 11.5 Å². The fraction of sp³-hybridized carbons (Fsp3) is 0.222. The van der Waals surface area contributed by atoms with Crippen molar-refractivity contribution in [3.63, 3.8) is 0 Å². The molecule has 1 rings (SSSR count). The van der Waals surface area contributed by atoms with Gasteiger partial charge in [-0.05, 0) is 12.1 Å². The Morgan fingerprint density at radius 2 is 1.85 bits per heavy atom. The molecule has 4 heteroatoms. The maximum Gasteiger partial charge on any atom is 0.162 e. The zero-order valence-corrected chi connectivity index (χ0v) is 8.49. The lowest BCUT2D eigenvalue weighted by atomic mass is 10.1. The van der Waals surface area contributed by atoms with E-state index < -0.39 is 0 Å². The topological polar surface area (TPSA) is 37.3 Å². The zero-order chi connectivity index (χ0) is 10.0. The molecule has 1 aromatic carbocycles.